The highest BCUT2D eigenvalue weighted by Crippen LogP contribution is 2.35. The maximum atomic E-state index is 5.97. The quantitative estimate of drug-likeness (QED) is 0.706. The summed E-state index contributed by atoms with van der Waals surface area (Å²) in [6, 6.07) is 0.313. The Labute approximate surface area is 83.7 Å². The first-order chi connectivity index (χ1) is 6.68. The first kappa shape index (κ1) is 9.58. The van der Waals surface area contributed by atoms with Crippen LogP contribution in [-0.4, -0.2) is 26.2 Å². The Balaban J connectivity index is 2.20. The molecule has 0 amide bonds. The third-order valence-corrected chi connectivity index (χ3v) is 3.22. The van der Waals surface area contributed by atoms with Crippen LogP contribution in [0, 0.1) is 5.92 Å². The molecule has 5 nitrogen and oxygen atoms in total. The molecule has 0 aromatic carbocycles. The summed E-state index contributed by atoms with van der Waals surface area (Å²) in [6.45, 7) is 2.26. The van der Waals surface area contributed by atoms with Gasteiger partial charge in [0.15, 0.2) is 5.82 Å². The average Bonchev–Trinajstić information content (AvgIpc) is 2.56. The Morgan fingerprint density at radius 3 is 2.86 bits per heavy atom. The number of tetrazole rings is 1. The van der Waals surface area contributed by atoms with Crippen LogP contribution in [0.25, 0.3) is 0 Å². The van der Waals surface area contributed by atoms with E-state index in [1.807, 2.05) is 7.05 Å². The molecule has 1 heterocycles. The minimum absolute atomic E-state index is 0.313. The van der Waals surface area contributed by atoms with E-state index in [0.29, 0.717) is 17.9 Å². The van der Waals surface area contributed by atoms with Crippen molar-refractivity contribution in [1.29, 1.82) is 0 Å². The smallest absolute Gasteiger partial charge is 0.154 e. The average molecular weight is 195 g/mol. The van der Waals surface area contributed by atoms with Crippen LogP contribution in [0.3, 0.4) is 0 Å². The molecule has 1 aromatic rings. The second kappa shape index (κ2) is 3.65. The summed E-state index contributed by atoms with van der Waals surface area (Å²) in [5.41, 5.74) is 5.97. The molecule has 2 N–H and O–H groups in total. The van der Waals surface area contributed by atoms with Crippen LogP contribution in [0.5, 0.6) is 0 Å². The Hall–Kier alpha value is -0.970. The van der Waals surface area contributed by atoms with E-state index in [9.17, 15) is 0 Å². The molecule has 1 aliphatic rings. The van der Waals surface area contributed by atoms with Gasteiger partial charge in [0, 0.05) is 19.0 Å². The van der Waals surface area contributed by atoms with Gasteiger partial charge in [0.1, 0.15) is 0 Å². The largest absolute Gasteiger partial charge is 0.328 e. The van der Waals surface area contributed by atoms with Crippen molar-refractivity contribution in [1.82, 2.24) is 20.2 Å². The maximum absolute atomic E-state index is 5.97. The highest BCUT2D eigenvalue weighted by atomic mass is 15.5. The molecule has 1 aliphatic carbocycles. The number of hydrogen-bond donors (Lipinski definition) is 1. The van der Waals surface area contributed by atoms with Crippen LogP contribution < -0.4 is 5.73 Å². The van der Waals surface area contributed by atoms with Crippen molar-refractivity contribution in [2.24, 2.45) is 18.7 Å². The van der Waals surface area contributed by atoms with Crippen LogP contribution in [-0.2, 0) is 7.05 Å². The number of hydrogen-bond acceptors (Lipinski definition) is 4. The molecular formula is C9H17N5. The predicted octanol–water partition coefficient (Wildman–Crippen LogP) is 0.441. The molecule has 1 fully saturated rings. The van der Waals surface area contributed by atoms with Crippen LogP contribution in [0.2, 0.25) is 0 Å². The second-order valence-corrected chi connectivity index (χ2v) is 4.32. The zero-order chi connectivity index (χ0) is 10.1. The molecule has 2 rings (SSSR count). The lowest BCUT2D eigenvalue weighted by molar-refractivity contribution is 0.285. The molecule has 0 radical (unpaired) electrons. The third-order valence-electron chi connectivity index (χ3n) is 3.22. The van der Waals surface area contributed by atoms with E-state index in [0.717, 1.165) is 18.7 Å². The summed E-state index contributed by atoms with van der Waals surface area (Å²) >= 11 is 0. The topological polar surface area (TPSA) is 69.6 Å². The van der Waals surface area contributed by atoms with Gasteiger partial charge in [-0.05, 0) is 35.6 Å². The minimum atomic E-state index is 0.313. The van der Waals surface area contributed by atoms with Gasteiger partial charge >= 0.3 is 0 Å². The van der Waals surface area contributed by atoms with Gasteiger partial charge in [0.05, 0.1) is 0 Å². The van der Waals surface area contributed by atoms with E-state index in [4.69, 9.17) is 5.73 Å². The molecule has 3 unspecified atom stereocenters. The zero-order valence-corrected chi connectivity index (χ0v) is 8.72. The summed E-state index contributed by atoms with van der Waals surface area (Å²) in [5, 5.41) is 11.6. The minimum Gasteiger partial charge on any atom is -0.328 e. The fourth-order valence-electron chi connectivity index (χ4n) is 2.26. The van der Waals surface area contributed by atoms with E-state index >= 15 is 0 Å². The first-order valence-electron chi connectivity index (χ1n) is 5.16. The van der Waals surface area contributed by atoms with Gasteiger partial charge in [-0.3, -0.25) is 0 Å². The Bertz CT molecular complexity index is 308. The monoisotopic (exact) mass is 195 g/mol. The first-order valence-corrected chi connectivity index (χ1v) is 5.16. The van der Waals surface area contributed by atoms with E-state index in [-0.39, 0.29) is 0 Å². The summed E-state index contributed by atoms with van der Waals surface area (Å²) in [5.74, 6) is 2.05. The Morgan fingerprint density at radius 1 is 1.43 bits per heavy atom. The van der Waals surface area contributed by atoms with Crippen molar-refractivity contribution in [2.45, 2.75) is 38.1 Å². The lowest BCUT2D eigenvalue weighted by Crippen LogP contribution is -2.32. The molecule has 5 heteroatoms. The molecule has 0 aliphatic heterocycles. The lowest BCUT2D eigenvalue weighted by Gasteiger charge is -2.31. The van der Waals surface area contributed by atoms with E-state index in [2.05, 4.69) is 22.4 Å². The molecule has 1 saturated carbocycles. The summed E-state index contributed by atoms with van der Waals surface area (Å²) < 4.78 is 1.76. The normalized spacial score (nSPS) is 33.2. The molecule has 78 valence electrons. The van der Waals surface area contributed by atoms with Crippen molar-refractivity contribution in [3.63, 3.8) is 0 Å². The molecule has 0 spiro atoms. The predicted molar refractivity (Wildman–Crippen MR) is 52.5 cm³/mol. The van der Waals surface area contributed by atoms with Crippen molar-refractivity contribution in [2.75, 3.05) is 0 Å². The van der Waals surface area contributed by atoms with Gasteiger partial charge < -0.3 is 5.73 Å². The molecule has 0 bridgehead atoms. The van der Waals surface area contributed by atoms with E-state index in [1.54, 1.807) is 4.68 Å². The third kappa shape index (κ3) is 1.64. The molecule has 3 atom stereocenters. The lowest BCUT2D eigenvalue weighted by atomic mass is 9.78. The van der Waals surface area contributed by atoms with Crippen LogP contribution >= 0.6 is 0 Å². The molecule has 1 aromatic heterocycles. The van der Waals surface area contributed by atoms with Crippen LogP contribution in [0.4, 0.5) is 0 Å². The molecule has 14 heavy (non-hydrogen) atoms. The van der Waals surface area contributed by atoms with Crippen LogP contribution in [0.15, 0.2) is 0 Å². The molecular weight excluding hydrogens is 178 g/mol. The zero-order valence-electron chi connectivity index (χ0n) is 8.72. The number of nitrogens with two attached hydrogens (primary N) is 1. The highest BCUT2D eigenvalue weighted by Gasteiger charge is 2.30. The fraction of sp³-hybridized carbons (Fsp3) is 0.889. The fourth-order valence-corrected chi connectivity index (χ4v) is 2.26. The maximum Gasteiger partial charge on any atom is 0.154 e. The Morgan fingerprint density at radius 2 is 2.21 bits per heavy atom. The van der Waals surface area contributed by atoms with Crippen molar-refractivity contribution in [3.8, 4) is 0 Å². The van der Waals surface area contributed by atoms with Crippen molar-refractivity contribution in [3.05, 3.63) is 5.82 Å². The van der Waals surface area contributed by atoms with Crippen LogP contribution in [0.1, 0.15) is 37.9 Å². The summed E-state index contributed by atoms with van der Waals surface area (Å²) in [6.07, 6.45) is 3.32. The number of aromatic nitrogens is 4. The number of nitrogens with zero attached hydrogens (tertiary/aromatic N) is 4. The number of rotatable bonds is 1. The van der Waals surface area contributed by atoms with Crippen molar-refractivity contribution < 1.29 is 0 Å². The van der Waals surface area contributed by atoms with Crippen molar-refractivity contribution >= 4 is 0 Å². The van der Waals surface area contributed by atoms with Gasteiger partial charge in [-0.1, -0.05) is 6.92 Å². The summed E-state index contributed by atoms with van der Waals surface area (Å²) in [4.78, 5) is 0. The Kier molecular flexibility index (Phi) is 2.50. The van der Waals surface area contributed by atoms with Gasteiger partial charge in [0.2, 0.25) is 0 Å². The standard InChI is InChI=1S/C9H17N5/c1-6-3-4-7(10)5-8(6)9-11-12-13-14(9)2/h6-8H,3-5,10H2,1-2H3. The van der Waals surface area contributed by atoms with Gasteiger partial charge in [-0.2, -0.15) is 0 Å². The van der Waals surface area contributed by atoms with E-state index < -0.39 is 0 Å². The van der Waals surface area contributed by atoms with Gasteiger partial charge in [0.25, 0.3) is 0 Å². The SMILES string of the molecule is CC1CCC(N)CC1c1nnnn1C. The number of aryl methyl sites for hydroxylation is 1. The van der Waals surface area contributed by atoms with E-state index in [1.165, 1.54) is 6.42 Å². The van der Waals surface area contributed by atoms with Gasteiger partial charge in [-0.15, -0.1) is 5.10 Å². The van der Waals surface area contributed by atoms with Gasteiger partial charge in [-0.25, -0.2) is 4.68 Å². The molecule has 0 saturated heterocycles. The second-order valence-electron chi connectivity index (χ2n) is 4.32. The highest BCUT2D eigenvalue weighted by molar-refractivity contribution is 4.99. The summed E-state index contributed by atoms with van der Waals surface area (Å²) in [7, 11) is 1.89.